The molecule has 0 saturated heterocycles. The average Bonchev–Trinajstić information content (AvgIpc) is 2.26. The van der Waals surface area contributed by atoms with Crippen molar-refractivity contribution < 1.29 is 9.53 Å². The third-order valence-electron chi connectivity index (χ3n) is 1.85. The van der Waals surface area contributed by atoms with Gasteiger partial charge in [-0.15, -0.1) is 0 Å². The van der Waals surface area contributed by atoms with Gasteiger partial charge in [0.25, 0.3) is 0 Å². The van der Waals surface area contributed by atoms with Crippen LogP contribution in [0.3, 0.4) is 0 Å². The molecule has 0 spiro atoms. The number of nitrogens with one attached hydrogen (secondary N) is 1. The van der Waals surface area contributed by atoms with Gasteiger partial charge in [-0.3, -0.25) is 4.79 Å². The molecule has 1 aromatic carbocycles. The van der Waals surface area contributed by atoms with Crippen molar-refractivity contribution in [2.24, 2.45) is 0 Å². The van der Waals surface area contributed by atoms with Gasteiger partial charge in [-0.1, -0.05) is 15.9 Å². The first-order chi connectivity index (χ1) is 7.17. The summed E-state index contributed by atoms with van der Waals surface area (Å²) in [6, 6.07) is 5.61. The maximum Gasteiger partial charge on any atom is 0.243 e. The number of ether oxygens (including phenoxy) is 1. The Morgan fingerprint density at radius 1 is 1.53 bits per heavy atom. The van der Waals surface area contributed by atoms with Crippen LogP contribution in [0.15, 0.2) is 28.7 Å². The standard InChI is InChI=1S/C11H12BrNO2/c1-13-11(14)6-3-8-7-9(12)4-5-10(8)15-2/h3-7H,1-2H3,(H,13,14)/b6-3+. The van der Waals surface area contributed by atoms with Gasteiger partial charge in [0.15, 0.2) is 0 Å². The highest BCUT2D eigenvalue weighted by molar-refractivity contribution is 9.10. The molecule has 0 heterocycles. The van der Waals surface area contributed by atoms with E-state index in [1.807, 2.05) is 18.2 Å². The fourth-order valence-electron chi connectivity index (χ4n) is 1.08. The topological polar surface area (TPSA) is 38.3 Å². The van der Waals surface area contributed by atoms with E-state index >= 15 is 0 Å². The highest BCUT2D eigenvalue weighted by Crippen LogP contribution is 2.23. The predicted molar refractivity (Wildman–Crippen MR) is 63.8 cm³/mol. The van der Waals surface area contributed by atoms with Gasteiger partial charge >= 0.3 is 0 Å². The van der Waals surface area contributed by atoms with E-state index in [4.69, 9.17) is 4.74 Å². The van der Waals surface area contributed by atoms with Gasteiger partial charge in [-0.05, 0) is 24.3 Å². The zero-order chi connectivity index (χ0) is 11.3. The molecule has 0 bridgehead atoms. The minimum Gasteiger partial charge on any atom is -0.496 e. The zero-order valence-electron chi connectivity index (χ0n) is 8.58. The lowest BCUT2D eigenvalue weighted by Crippen LogP contribution is -2.13. The van der Waals surface area contributed by atoms with Gasteiger partial charge in [0.1, 0.15) is 5.75 Å². The maximum atomic E-state index is 11.0. The molecule has 0 aromatic heterocycles. The van der Waals surface area contributed by atoms with Gasteiger partial charge in [0, 0.05) is 23.2 Å². The molecule has 0 aliphatic rings. The molecule has 15 heavy (non-hydrogen) atoms. The Balaban J connectivity index is 2.96. The Bertz CT molecular complexity index is 388. The summed E-state index contributed by atoms with van der Waals surface area (Å²) < 4.78 is 6.11. The molecule has 1 rings (SSSR count). The zero-order valence-corrected chi connectivity index (χ0v) is 10.2. The second-order valence-electron chi connectivity index (χ2n) is 2.83. The highest BCUT2D eigenvalue weighted by Gasteiger charge is 2.00. The van der Waals surface area contributed by atoms with Crippen molar-refractivity contribution in [2.45, 2.75) is 0 Å². The summed E-state index contributed by atoms with van der Waals surface area (Å²) in [5.74, 6) is 0.593. The van der Waals surface area contributed by atoms with Gasteiger partial charge < -0.3 is 10.1 Å². The third kappa shape index (κ3) is 3.40. The fraction of sp³-hybridized carbons (Fsp3) is 0.182. The normalized spacial score (nSPS) is 10.3. The minimum atomic E-state index is -0.142. The summed E-state index contributed by atoms with van der Waals surface area (Å²) in [7, 11) is 3.19. The molecule has 0 saturated carbocycles. The second-order valence-corrected chi connectivity index (χ2v) is 3.75. The Morgan fingerprint density at radius 2 is 2.27 bits per heavy atom. The molecule has 0 fully saturated rings. The summed E-state index contributed by atoms with van der Waals surface area (Å²) >= 11 is 3.36. The average molecular weight is 270 g/mol. The molecule has 3 nitrogen and oxygen atoms in total. The van der Waals surface area contributed by atoms with E-state index in [0.29, 0.717) is 0 Å². The van der Waals surface area contributed by atoms with Gasteiger partial charge in [0.2, 0.25) is 5.91 Å². The Labute approximate surface area is 97.3 Å². The number of methoxy groups -OCH3 is 1. The lowest BCUT2D eigenvalue weighted by Gasteiger charge is -2.04. The summed E-state index contributed by atoms with van der Waals surface area (Å²) in [5, 5.41) is 2.51. The van der Waals surface area contributed by atoms with Crippen LogP contribution in [0.25, 0.3) is 6.08 Å². The van der Waals surface area contributed by atoms with Crippen LogP contribution in [-0.2, 0) is 4.79 Å². The molecule has 0 unspecified atom stereocenters. The molecular weight excluding hydrogens is 258 g/mol. The van der Waals surface area contributed by atoms with Crippen molar-refractivity contribution in [2.75, 3.05) is 14.2 Å². The number of hydrogen-bond donors (Lipinski definition) is 1. The lowest BCUT2D eigenvalue weighted by atomic mass is 10.2. The number of likely N-dealkylation sites (N-methyl/N-ethyl adjacent to an activating group) is 1. The largest absolute Gasteiger partial charge is 0.496 e. The number of carbonyl (C=O) groups is 1. The van der Waals surface area contributed by atoms with Crippen molar-refractivity contribution in [3.05, 3.63) is 34.3 Å². The molecule has 80 valence electrons. The fourth-order valence-corrected chi connectivity index (χ4v) is 1.46. The van der Waals surface area contributed by atoms with Crippen LogP contribution in [0.4, 0.5) is 0 Å². The van der Waals surface area contributed by atoms with Crippen LogP contribution in [-0.4, -0.2) is 20.1 Å². The SMILES string of the molecule is CNC(=O)/C=C/c1cc(Br)ccc1OC. The molecule has 0 atom stereocenters. The lowest BCUT2D eigenvalue weighted by molar-refractivity contribution is -0.115. The van der Waals surface area contributed by atoms with E-state index < -0.39 is 0 Å². The van der Waals surface area contributed by atoms with E-state index in [2.05, 4.69) is 21.2 Å². The first-order valence-corrected chi connectivity index (χ1v) is 5.20. The number of amides is 1. The molecule has 0 radical (unpaired) electrons. The Hall–Kier alpha value is -1.29. The van der Waals surface area contributed by atoms with Crippen molar-refractivity contribution in [3.63, 3.8) is 0 Å². The molecule has 1 N–H and O–H groups in total. The quantitative estimate of drug-likeness (QED) is 0.855. The van der Waals surface area contributed by atoms with Crippen LogP contribution in [0.1, 0.15) is 5.56 Å². The Morgan fingerprint density at radius 3 is 2.87 bits per heavy atom. The van der Waals surface area contributed by atoms with Crippen LogP contribution in [0, 0.1) is 0 Å². The van der Waals surface area contributed by atoms with Crippen LogP contribution < -0.4 is 10.1 Å². The maximum absolute atomic E-state index is 11.0. The van der Waals surface area contributed by atoms with Gasteiger partial charge in [0.05, 0.1) is 7.11 Å². The van der Waals surface area contributed by atoms with Crippen LogP contribution in [0.5, 0.6) is 5.75 Å². The summed E-state index contributed by atoms with van der Waals surface area (Å²) in [6.07, 6.45) is 3.17. The van der Waals surface area contributed by atoms with Crippen molar-refractivity contribution in [1.29, 1.82) is 0 Å². The Kier molecular flexibility index (Phi) is 4.37. The first kappa shape index (κ1) is 11.8. The molecule has 0 aliphatic heterocycles. The number of benzene rings is 1. The van der Waals surface area contributed by atoms with Crippen molar-refractivity contribution in [1.82, 2.24) is 5.32 Å². The monoisotopic (exact) mass is 269 g/mol. The number of carbonyl (C=O) groups excluding carboxylic acids is 1. The number of rotatable bonds is 3. The number of hydrogen-bond acceptors (Lipinski definition) is 2. The molecule has 1 aromatic rings. The van der Waals surface area contributed by atoms with E-state index in [-0.39, 0.29) is 5.91 Å². The molecule has 4 heteroatoms. The smallest absolute Gasteiger partial charge is 0.243 e. The van der Waals surface area contributed by atoms with Crippen LogP contribution >= 0.6 is 15.9 Å². The van der Waals surface area contributed by atoms with E-state index in [9.17, 15) is 4.79 Å². The van der Waals surface area contributed by atoms with Gasteiger partial charge in [-0.25, -0.2) is 0 Å². The van der Waals surface area contributed by atoms with Crippen molar-refractivity contribution in [3.8, 4) is 5.75 Å². The molecule has 1 amide bonds. The summed E-state index contributed by atoms with van der Waals surface area (Å²) in [5.41, 5.74) is 0.857. The number of halogens is 1. The molecular formula is C11H12BrNO2. The summed E-state index contributed by atoms with van der Waals surface area (Å²) in [4.78, 5) is 11.0. The summed E-state index contributed by atoms with van der Waals surface area (Å²) in [6.45, 7) is 0. The minimum absolute atomic E-state index is 0.142. The highest BCUT2D eigenvalue weighted by atomic mass is 79.9. The molecule has 0 aliphatic carbocycles. The first-order valence-electron chi connectivity index (χ1n) is 4.40. The van der Waals surface area contributed by atoms with E-state index in [0.717, 1.165) is 15.8 Å². The van der Waals surface area contributed by atoms with Crippen molar-refractivity contribution >= 4 is 27.9 Å². The van der Waals surface area contributed by atoms with E-state index in [1.165, 1.54) is 6.08 Å². The van der Waals surface area contributed by atoms with Gasteiger partial charge in [-0.2, -0.15) is 0 Å². The second kappa shape index (κ2) is 5.56. The van der Waals surface area contributed by atoms with E-state index in [1.54, 1.807) is 20.2 Å². The predicted octanol–water partition coefficient (Wildman–Crippen LogP) is 2.22. The van der Waals surface area contributed by atoms with Crippen LogP contribution in [0.2, 0.25) is 0 Å². The third-order valence-corrected chi connectivity index (χ3v) is 2.35.